The number of nitrogens with one attached hydrogen (secondary N) is 1. The fourth-order valence-corrected chi connectivity index (χ4v) is 4.26. The summed E-state index contributed by atoms with van der Waals surface area (Å²) in [5.41, 5.74) is 0.637. The minimum atomic E-state index is -0.378. The summed E-state index contributed by atoms with van der Waals surface area (Å²) in [6.07, 6.45) is 2.12. The minimum absolute atomic E-state index is 0.0602. The summed E-state index contributed by atoms with van der Waals surface area (Å²) in [6, 6.07) is 11.2. The smallest absolute Gasteiger partial charge is 0.277 e. The van der Waals surface area contributed by atoms with Gasteiger partial charge in [0.2, 0.25) is 5.91 Å². The molecule has 31 heavy (non-hydrogen) atoms. The second kappa shape index (κ2) is 9.53. The van der Waals surface area contributed by atoms with E-state index < -0.39 is 0 Å². The Bertz CT molecular complexity index is 1130. The molecule has 0 aliphatic carbocycles. The number of likely N-dealkylation sites (tertiary alicyclic amines) is 1. The van der Waals surface area contributed by atoms with Gasteiger partial charge in [0.25, 0.3) is 5.56 Å². The van der Waals surface area contributed by atoms with Crippen LogP contribution in [0.4, 0.5) is 4.39 Å². The second-order valence-corrected chi connectivity index (χ2v) is 7.99. The van der Waals surface area contributed by atoms with E-state index >= 15 is 0 Å². The number of hydrogen-bond acceptors (Lipinski definition) is 5. The van der Waals surface area contributed by atoms with Crippen molar-refractivity contribution in [2.75, 3.05) is 19.6 Å². The lowest BCUT2D eigenvalue weighted by Crippen LogP contribution is -2.38. The lowest BCUT2D eigenvalue weighted by atomic mass is 10.0. The monoisotopic (exact) mass is 443 g/mol. The van der Waals surface area contributed by atoms with E-state index in [1.54, 1.807) is 36.4 Å². The van der Waals surface area contributed by atoms with Gasteiger partial charge in [-0.05, 0) is 50.2 Å². The normalized spacial score (nSPS) is 15.3. The van der Waals surface area contributed by atoms with Crippen molar-refractivity contribution in [3.05, 3.63) is 69.2 Å². The van der Waals surface area contributed by atoms with E-state index in [1.807, 2.05) is 0 Å². The molecule has 3 aromatic rings. The summed E-state index contributed by atoms with van der Waals surface area (Å²) in [7, 11) is 0. The van der Waals surface area contributed by atoms with Crippen LogP contribution in [0.5, 0.6) is 0 Å². The van der Waals surface area contributed by atoms with Gasteiger partial charge in [0.1, 0.15) is 11.3 Å². The van der Waals surface area contributed by atoms with E-state index in [2.05, 4.69) is 20.5 Å². The number of hydrogen-bond donors (Lipinski definition) is 1. The average molecular weight is 444 g/mol. The summed E-state index contributed by atoms with van der Waals surface area (Å²) in [4.78, 5) is 27.1. The maximum Gasteiger partial charge on any atom is 0.277 e. The van der Waals surface area contributed by atoms with E-state index in [0.29, 0.717) is 21.5 Å². The average Bonchev–Trinajstić information content (AvgIpc) is 3.30. The standard InChI is InChI=1S/C22H23ClFN5O2/c23-16-7-5-8-17(24)21(16)19(28-11-3-4-12-28)14-25-20(30)10-13-29-22(31)15-6-1-2-9-18(15)26-27-29/h1-2,5-9,19H,3-4,10-14H2,(H,25,30)/t19-/m1/s1. The van der Waals surface area contributed by atoms with Crippen LogP contribution in [0.25, 0.3) is 10.9 Å². The second-order valence-electron chi connectivity index (χ2n) is 7.58. The Kier molecular flexibility index (Phi) is 6.58. The van der Waals surface area contributed by atoms with Gasteiger partial charge < -0.3 is 5.32 Å². The number of rotatable bonds is 7. The molecule has 7 nitrogen and oxygen atoms in total. The highest BCUT2D eigenvalue weighted by atomic mass is 35.5. The summed E-state index contributed by atoms with van der Waals surface area (Å²) in [5.74, 6) is -0.629. The minimum Gasteiger partial charge on any atom is -0.354 e. The van der Waals surface area contributed by atoms with Gasteiger partial charge in [0, 0.05) is 23.6 Å². The summed E-state index contributed by atoms with van der Waals surface area (Å²) < 4.78 is 15.7. The van der Waals surface area contributed by atoms with E-state index in [9.17, 15) is 14.0 Å². The molecular weight excluding hydrogens is 421 g/mol. The van der Waals surface area contributed by atoms with E-state index in [4.69, 9.17) is 11.6 Å². The van der Waals surface area contributed by atoms with Crippen LogP contribution in [-0.2, 0) is 11.3 Å². The molecule has 1 aliphatic heterocycles. The maximum atomic E-state index is 14.5. The first-order valence-corrected chi connectivity index (χ1v) is 10.7. The van der Waals surface area contributed by atoms with Crippen LogP contribution in [0.15, 0.2) is 47.3 Å². The maximum absolute atomic E-state index is 14.5. The third-order valence-electron chi connectivity index (χ3n) is 5.59. The molecule has 0 spiro atoms. The molecule has 1 aromatic heterocycles. The van der Waals surface area contributed by atoms with Crippen LogP contribution in [0.2, 0.25) is 5.02 Å². The number of nitrogens with zero attached hydrogens (tertiary/aromatic N) is 4. The third-order valence-corrected chi connectivity index (χ3v) is 5.92. The number of aryl methyl sites for hydroxylation is 1. The molecule has 1 saturated heterocycles. The quantitative estimate of drug-likeness (QED) is 0.607. The van der Waals surface area contributed by atoms with Gasteiger partial charge in [-0.2, -0.15) is 0 Å². The third kappa shape index (κ3) is 4.75. The number of amides is 1. The van der Waals surface area contributed by atoms with Crippen LogP contribution >= 0.6 is 11.6 Å². The zero-order valence-corrected chi connectivity index (χ0v) is 17.7. The zero-order valence-electron chi connectivity index (χ0n) is 16.9. The molecule has 0 bridgehead atoms. The molecule has 0 radical (unpaired) electrons. The molecule has 1 atom stereocenters. The molecule has 1 N–H and O–H groups in total. The highest BCUT2D eigenvalue weighted by Crippen LogP contribution is 2.31. The Hall–Kier alpha value is -2.84. The van der Waals surface area contributed by atoms with Gasteiger partial charge in [-0.3, -0.25) is 14.5 Å². The zero-order chi connectivity index (χ0) is 21.8. The highest BCUT2D eigenvalue weighted by molar-refractivity contribution is 6.31. The van der Waals surface area contributed by atoms with E-state index in [-0.39, 0.29) is 42.8 Å². The van der Waals surface area contributed by atoms with Gasteiger partial charge in [-0.1, -0.05) is 35.0 Å². The summed E-state index contributed by atoms with van der Waals surface area (Å²) >= 11 is 6.29. The number of aromatic nitrogens is 3. The van der Waals surface area contributed by atoms with Crippen molar-refractivity contribution in [1.82, 2.24) is 25.2 Å². The molecule has 2 heterocycles. The molecule has 1 amide bonds. The van der Waals surface area contributed by atoms with Gasteiger partial charge in [0.05, 0.1) is 18.0 Å². The van der Waals surface area contributed by atoms with Crippen LogP contribution in [0.3, 0.4) is 0 Å². The molecule has 0 unspecified atom stereocenters. The number of benzene rings is 2. The molecule has 0 saturated carbocycles. The molecule has 162 valence electrons. The Balaban J connectivity index is 1.43. The summed E-state index contributed by atoms with van der Waals surface area (Å²) in [5, 5.41) is 11.6. The van der Waals surface area contributed by atoms with Crippen molar-refractivity contribution >= 4 is 28.4 Å². The Morgan fingerprint density at radius 3 is 2.71 bits per heavy atom. The van der Waals surface area contributed by atoms with Crippen LogP contribution in [-0.4, -0.2) is 45.4 Å². The van der Waals surface area contributed by atoms with Crippen molar-refractivity contribution in [2.45, 2.75) is 31.8 Å². The van der Waals surface area contributed by atoms with Crippen molar-refractivity contribution in [3.63, 3.8) is 0 Å². The predicted octanol–water partition coefficient (Wildman–Crippen LogP) is 2.93. The van der Waals surface area contributed by atoms with Crippen molar-refractivity contribution < 1.29 is 9.18 Å². The molecule has 1 fully saturated rings. The molecular formula is C22H23ClFN5O2. The number of carbonyl (C=O) groups excluding carboxylic acids is 1. The fourth-order valence-electron chi connectivity index (χ4n) is 3.97. The van der Waals surface area contributed by atoms with E-state index in [1.165, 1.54) is 10.7 Å². The lowest BCUT2D eigenvalue weighted by molar-refractivity contribution is -0.121. The predicted molar refractivity (Wildman–Crippen MR) is 116 cm³/mol. The Morgan fingerprint density at radius 1 is 1.16 bits per heavy atom. The van der Waals surface area contributed by atoms with Crippen molar-refractivity contribution in [3.8, 4) is 0 Å². The molecule has 9 heteroatoms. The number of halogens is 2. The first-order chi connectivity index (χ1) is 15.0. The van der Waals surface area contributed by atoms with Gasteiger partial charge >= 0.3 is 0 Å². The first-order valence-electron chi connectivity index (χ1n) is 10.3. The molecule has 1 aliphatic rings. The van der Waals surface area contributed by atoms with Gasteiger partial charge in [-0.25, -0.2) is 9.07 Å². The summed E-state index contributed by atoms with van der Waals surface area (Å²) in [6.45, 7) is 2.00. The fraction of sp³-hybridized carbons (Fsp3) is 0.364. The van der Waals surface area contributed by atoms with Crippen molar-refractivity contribution in [1.29, 1.82) is 0 Å². The van der Waals surface area contributed by atoms with Crippen LogP contribution < -0.4 is 10.9 Å². The van der Waals surface area contributed by atoms with Crippen LogP contribution in [0, 0.1) is 5.82 Å². The SMILES string of the molecule is O=C(CCn1nnc2ccccc2c1=O)NC[C@H](c1c(F)cccc1Cl)N1CCCC1. The Morgan fingerprint density at radius 2 is 1.94 bits per heavy atom. The van der Waals surface area contributed by atoms with Gasteiger partial charge in [-0.15, -0.1) is 5.10 Å². The topological polar surface area (TPSA) is 80.1 Å². The van der Waals surface area contributed by atoms with Crippen LogP contribution in [0.1, 0.15) is 30.9 Å². The first kappa shape index (κ1) is 21.4. The molecule has 2 aromatic carbocycles. The van der Waals surface area contributed by atoms with E-state index in [0.717, 1.165) is 25.9 Å². The van der Waals surface area contributed by atoms with Crippen molar-refractivity contribution in [2.24, 2.45) is 0 Å². The van der Waals surface area contributed by atoms with Gasteiger partial charge in [0.15, 0.2) is 0 Å². The lowest BCUT2D eigenvalue weighted by Gasteiger charge is -2.29. The largest absolute Gasteiger partial charge is 0.354 e. The highest BCUT2D eigenvalue weighted by Gasteiger charge is 2.28. The Labute approximate surface area is 183 Å². The molecule has 4 rings (SSSR count). The number of fused-ring (bicyclic) bond motifs is 1. The number of carbonyl (C=O) groups is 1.